The number of hydrogen-bond acceptors (Lipinski definition) is 4. The normalized spacial score (nSPS) is 17.2. The smallest absolute Gasteiger partial charge is 0.286 e. The topological polar surface area (TPSA) is 71.3 Å². The molecule has 1 fully saturated rings. The van der Waals surface area contributed by atoms with Gasteiger partial charge in [0.15, 0.2) is 0 Å². The number of rotatable bonds is 4. The Hall–Kier alpha value is -2.73. The number of aromatic hydroxyl groups is 1. The lowest BCUT2D eigenvalue weighted by molar-refractivity contribution is -0.118. The zero-order valence-corrected chi connectivity index (χ0v) is 14.1. The average molecular weight is 352 g/mol. The van der Waals surface area contributed by atoms with Crippen molar-refractivity contribution in [2.75, 3.05) is 0 Å². The van der Waals surface area contributed by atoms with Gasteiger partial charge in [-0.1, -0.05) is 42.1 Å². The minimum absolute atomic E-state index is 0.217. The number of fused-ring (bicyclic) bond motifs is 1. The van der Waals surface area contributed by atoms with Gasteiger partial charge in [-0.3, -0.25) is 14.9 Å². The van der Waals surface area contributed by atoms with Crippen LogP contribution in [0.25, 0.3) is 10.9 Å². The minimum atomic E-state index is -0.375. The Morgan fingerprint density at radius 3 is 2.56 bits per heavy atom. The number of carbonyl (C=O) groups is 2. The molecule has 3 aromatic rings. The molecule has 1 unspecified atom stereocenters. The molecule has 1 atom stereocenters. The molecule has 1 saturated heterocycles. The Kier molecular flexibility index (Phi) is 3.97. The van der Waals surface area contributed by atoms with Crippen LogP contribution in [0.3, 0.4) is 0 Å². The zero-order valence-electron chi connectivity index (χ0n) is 13.3. The predicted molar refractivity (Wildman–Crippen MR) is 97.8 cm³/mol. The number of carbonyl (C=O) groups excluding carboxylic acids is 2. The van der Waals surface area contributed by atoms with Crippen LogP contribution in [0.2, 0.25) is 0 Å². The van der Waals surface area contributed by atoms with E-state index >= 15 is 0 Å². The first-order valence-corrected chi connectivity index (χ1v) is 8.84. The molecule has 4 rings (SSSR count). The standard InChI is InChI=1S/C19H16N2O3S/c22-14-7-5-12(6-8-14)10-21-11-13(15-3-1-2-4-16(15)21)9-17-18(23)20-19(24)25-17/h1-8,11,17,22H,9-10H2,(H,20,23,24). The summed E-state index contributed by atoms with van der Waals surface area (Å²) in [5.41, 5.74) is 3.21. The maximum Gasteiger partial charge on any atom is 0.286 e. The number of para-hydroxylation sites is 1. The van der Waals surface area contributed by atoms with Gasteiger partial charge in [-0.05, 0) is 35.7 Å². The summed E-state index contributed by atoms with van der Waals surface area (Å²) in [6.07, 6.45) is 2.57. The molecule has 1 aromatic heterocycles. The Morgan fingerprint density at radius 1 is 1.08 bits per heavy atom. The third-order valence-corrected chi connectivity index (χ3v) is 5.31. The van der Waals surface area contributed by atoms with Crippen molar-refractivity contribution in [1.29, 1.82) is 0 Å². The summed E-state index contributed by atoms with van der Waals surface area (Å²) >= 11 is 1.06. The number of nitrogens with zero attached hydrogens (tertiary/aromatic N) is 1. The van der Waals surface area contributed by atoms with E-state index in [0.29, 0.717) is 13.0 Å². The molecule has 2 aromatic carbocycles. The van der Waals surface area contributed by atoms with Crippen molar-refractivity contribution in [3.8, 4) is 5.75 Å². The lowest BCUT2D eigenvalue weighted by Crippen LogP contribution is -2.25. The fourth-order valence-electron chi connectivity index (χ4n) is 3.14. The molecule has 0 bridgehead atoms. The highest BCUT2D eigenvalue weighted by atomic mass is 32.2. The van der Waals surface area contributed by atoms with Gasteiger partial charge >= 0.3 is 0 Å². The highest BCUT2D eigenvalue weighted by molar-refractivity contribution is 8.15. The molecule has 1 aliphatic heterocycles. The number of benzene rings is 2. The Morgan fingerprint density at radius 2 is 1.84 bits per heavy atom. The minimum Gasteiger partial charge on any atom is -0.508 e. The van der Waals surface area contributed by atoms with Crippen LogP contribution in [0.4, 0.5) is 4.79 Å². The fourth-order valence-corrected chi connectivity index (χ4v) is 3.99. The molecule has 1 aliphatic rings. The van der Waals surface area contributed by atoms with Crippen LogP contribution in [0, 0.1) is 0 Å². The number of phenols is 1. The summed E-state index contributed by atoms with van der Waals surface area (Å²) in [5.74, 6) is 0.0288. The molecule has 25 heavy (non-hydrogen) atoms. The van der Waals surface area contributed by atoms with E-state index in [4.69, 9.17) is 0 Å². The van der Waals surface area contributed by atoms with Gasteiger partial charge in [0, 0.05) is 23.6 Å². The van der Waals surface area contributed by atoms with Gasteiger partial charge in [0.2, 0.25) is 5.91 Å². The maximum atomic E-state index is 11.9. The predicted octanol–water partition coefficient (Wildman–Crippen LogP) is 3.29. The van der Waals surface area contributed by atoms with Crippen LogP contribution in [0.15, 0.2) is 54.7 Å². The highest BCUT2D eigenvalue weighted by Gasteiger charge is 2.32. The number of imide groups is 1. The van der Waals surface area contributed by atoms with Gasteiger partial charge in [0.25, 0.3) is 5.24 Å². The summed E-state index contributed by atoms with van der Waals surface area (Å²) in [4.78, 5) is 23.3. The second kappa shape index (κ2) is 6.29. The van der Waals surface area contributed by atoms with E-state index in [2.05, 4.69) is 9.88 Å². The van der Waals surface area contributed by atoms with Gasteiger partial charge in [-0.15, -0.1) is 0 Å². The molecule has 0 saturated carbocycles. The van der Waals surface area contributed by atoms with Crippen LogP contribution in [0.1, 0.15) is 11.1 Å². The van der Waals surface area contributed by atoms with Gasteiger partial charge in [0.1, 0.15) is 5.75 Å². The lowest BCUT2D eigenvalue weighted by Gasteiger charge is -2.05. The molecule has 2 N–H and O–H groups in total. The monoisotopic (exact) mass is 352 g/mol. The SMILES string of the molecule is O=C1NC(=O)C(Cc2cn(Cc3ccc(O)cc3)c3ccccc23)S1. The maximum absolute atomic E-state index is 11.9. The van der Waals surface area contributed by atoms with Crippen LogP contribution >= 0.6 is 11.8 Å². The third-order valence-electron chi connectivity index (χ3n) is 4.33. The molecule has 2 heterocycles. The van der Waals surface area contributed by atoms with E-state index in [0.717, 1.165) is 33.8 Å². The molecule has 126 valence electrons. The van der Waals surface area contributed by atoms with Gasteiger partial charge in [-0.2, -0.15) is 0 Å². The lowest BCUT2D eigenvalue weighted by atomic mass is 10.1. The first-order chi connectivity index (χ1) is 12.1. The number of phenolic OH excluding ortho intramolecular Hbond substituents is 1. The molecule has 6 heteroatoms. The van der Waals surface area contributed by atoms with Crippen LogP contribution in [-0.4, -0.2) is 26.1 Å². The van der Waals surface area contributed by atoms with Crippen molar-refractivity contribution in [3.63, 3.8) is 0 Å². The van der Waals surface area contributed by atoms with Crippen LogP contribution in [-0.2, 0) is 17.8 Å². The van der Waals surface area contributed by atoms with Crippen molar-refractivity contribution in [2.45, 2.75) is 18.2 Å². The molecule has 0 aliphatic carbocycles. The first kappa shape index (κ1) is 15.8. The molecule has 0 radical (unpaired) electrons. The van der Waals surface area contributed by atoms with Gasteiger partial charge in [-0.25, -0.2) is 0 Å². The summed E-state index contributed by atoms with van der Waals surface area (Å²) in [6.45, 7) is 0.670. The van der Waals surface area contributed by atoms with E-state index in [-0.39, 0.29) is 22.1 Å². The number of amides is 2. The van der Waals surface area contributed by atoms with E-state index in [1.54, 1.807) is 12.1 Å². The van der Waals surface area contributed by atoms with E-state index < -0.39 is 0 Å². The number of aromatic nitrogens is 1. The highest BCUT2D eigenvalue weighted by Crippen LogP contribution is 2.28. The summed E-state index contributed by atoms with van der Waals surface area (Å²) in [5, 5.41) is 12.2. The number of hydrogen-bond donors (Lipinski definition) is 2. The van der Waals surface area contributed by atoms with Crippen molar-refractivity contribution in [3.05, 3.63) is 65.9 Å². The van der Waals surface area contributed by atoms with Gasteiger partial charge < -0.3 is 9.67 Å². The van der Waals surface area contributed by atoms with Crippen LogP contribution < -0.4 is 5.32 Å². The Balaban J connectivity index is 1.67. The summed E-state index contributed by atoms with van der Waals surface area (Å²) < 4.78 is 2.14. The quantitative estimate of drug-likeness (QED) is 0.756. The second-order valence-electron chi connectivity index (χ2n) is 6.05. The summed E-state index contributed by atoms with van der Waals surface area (Å²) in [7, 11) is 0. The van der Waals surface area contributed by atoms with Crippen LogP contribution in [0.5, 0.6) is 5.75 Å². The molecular weight excluding hydrogens is 336 g/mol. The molecular formula is C19H16N2O3S. The largest absolute Gasteiger partial charge is 0.508 e. The second-order valence-corrected chi connectivity index (χ2v) is 7.23. The van der Waals surface area contributed by atoms with Crippen molar-refractivity contribution >= 4 is 33.8 Å². The third kappa shape index (κ3) is 3.13. The molecule has 2 amide bonds. The van der Waals surface area contributed by atoms with E-state index in [1.807, 2.05) is 42.6 Å². The van der Waals surface area contributed by atoms with E-state index in [9.17, 15) is 14.7 Å². The number of nitrogens with one attached hydrogen (secondary N) is 1. The Bertz CT molecular complexity index is 962. The van der Waals surface area contributed by atoms with E-state index in [1.165, 1.54) is 0 Å². The van der Waals surface area contributed by atoms with Gasteiger partial charge in [0.05, 0.1) is 5.25 Å². The summed E-state index contributed by atoms with van der Waals surface area (Å²) in [6, 6.07) is 15.2. The Labute approximate surface area is 148 Å². The zero-order chi connectivity index (χ0) is 17.4. The fraction of sp³-hybridized carbons (Fsp3) is 0.158. The number of thioether (sulfide) groups is 1. The van der Waals surface area contributed by atoms with Crippen molar-refractivity contribution in [1.82, 2.24) is 9.88 Å². The average Bonchev–Trinajstić information content (AvgIpc) is 3.10. The molecule has 5 nitrogen and oxygen atoms in total. The first-order valence-electron chi connectivity index (χ1n) is 7.96. The van der Waals surface area contributed by atoms with Crippen molar-refractivity contribution < 1.29 is 14.7 Å². The molecule has 0 spiro atoms. The van der Waals surface area contributed by atoms with Crippen molar-refractivity contribution in [2.24, 2.45) is 0 Å².